The van der Waals surface area contributed by atoms with Crippen molar-refractivity contribution in [1.29, 1.82) is 0 Å². The Bertz CT molecular complexity index is 475. The summed E-state index contributed by atoms with van der Waals surface area (Å²) in [5, 5.41) is 6.72. The maximum atomic E-state index is 12.3. The molecule has 1 fully saturated rings. The number of ether oxygens (including phenoxy) is 1. The first-order valence-corrected chi connectivity index (χ1v) is 7.42. The molecule has 1 aliphatic rings. The van der Waals surface area contributed by atoms with E-state index in [0.717, 1.165) is 25.9 Å². The molecule has 0 unspecified atom stereocenters. The van der Waals surface area contributed by atoms with Gasteiger partial charge in [-0.25, -0.2) is 0 Å². The molecule has 1 amide bonds. The van der Waals surface area contributed by atoms with Crippen molar-refractivity contribution in [2.24, 2.45) is 5.92 Å². The predicted octanol–water partition coefficient (Wildman–Crippen LogP) is 3.49. The third-order valence-corrected chi connectivity index (χ3v) is 3.59. The number of carbonyl (C=O) groups is 1. The van der Waals surface area contributed by atoms with E-state index in [-0.39, 0.29) is 30.3 Å². The van der Waals surface area contributed by atoms with Crippen LogP contribution in [0.1, 0.15) is 26.7 Å². The van der Waals surface area contributed by atoms with Gasteiger partial charge in [0.25, 0.3) is 0 Å². The smallest absolute Gasteiger partial charge is 0.227 e. The number of piperidine rings is 1. The molecule has 2 rings (SSSR count). The summed E-state index contributed by atoms with van der Waals surface area (Å²) < 4.78 is 5.71. The SMILES string of the molecule is CC(C)Oc1c(Cl)cccc1NC(=O)C1CCNCC1.Cl. The molecule has 4 nitrogen and oxygen atoms in total. The molecule has 1 aromatic carbocycles. The van der Waals surface area contributed by atoms with Crippen molar-refractivity contribution < 1.29 is 9.53 Å². The molecule has 6 heteroatoms. The van der Waals surface area contributed by atoms with Crippen LogP contribution in [0, 0.1) is 5.92 Å². The first kappa shape index (κ1) is 18.1. The molecule has 118 valence electrons. The van der Waals surface area contributed by atoms with Gasteiger partial charge < -0.3 is 15.4 Å². The molecule has 0 saturated carbocycles. The van der Waals surface area contributed by atoms with Crippen LogP contribution in [0.5, 0.6) is 5.75 Å². The highest BCUT2D eigenvalue weighted by molar-refractivity contribution is 6.32. The Labute approximate surface area is 137 Å². The van der Waals surface area contributed by atoms with Crippen LogP contribution < -0.4 is 15.4 Å². The summed E-state index contributed by atoms with van der Waals surface area (Å²) in [6.07, 6.45) is 1.74. The van der Waals surface area contributed by atoms with Crippen LogP contribution in [0.2, 0.25) is 5.02 Å². The highest BCUT2D eigenvalue weighted by Crippen LogP contribution is 2.34. The van der Waals surface area contributed by atoms with Gasteiger partial charge in [-0.2, -0.15) is 0 Å². The van der Waals surface area contributed by atoms with E-state index in [1.165, 1.54) is 0 Å². The highest BCUT2D eigenvalue weighted by atomic mass is 35.5. The number of rotatable bonds is 4. The quantitative estimate of drug-likeness (QED) is 0.887. The second-order valence-electron chi connectivity index (χ2n) is 5.30. The van der Waals surface area contributed by atoms with E-state index in [0.29, 0.717) is 16.5 Å². The van der Waals surface area contributed by atoms with Crippen molar-refractivity contribution in [3.63, 3.8) is 0 Å². The van der Waals surface area contributed by atoms with E-state index >= 15 is 0 Å². The minimum absolute atomic E-state index is 0. The summed E-state index contributed by atoms with van der Waals surface area (Å²) >= 11 is 6.16. The maximum absolute atomic E-state index is 12.3. The number of hydrogen-bond acceptors (Lipinski definition) is 3. The fourth-order valence-corrected chi connectivity index (χ4v) is 2.50. The minimum atomic E-state index is 0. The largest absolute Gasteiger partial charge is 0.487 e. The van der Waals surface area contributed by atoms with Gasteiger partial charge in [-0.3, -0.25) is 4.79 Å². The van der Waals surface area contributed by atoms with Crippen molar-refractivity contribution in [1.82, 2.24) is 5.32 Å². The summed E-state index contributed by atoms with van der Waals surface area (Å²) in [6, 6.07) is 5.40. The van der Waals surface area contributed by atoms with Crippen molar-refractivity contribution in [2.75, 3.05) is 18.4 Å². The number of para-hydroxylation sites is 1. The normalized spacial score (nSPS) is 15.4. The van der Waals surface area contributed by atoms with Gasteiger partial charge in [-0.05, 0) is 51.9 Å². The van der Waals surface area contributed by atoms with Gasteiger partial charge in [0.2, 0.25) is 5.91 Å². The number of carbonyl (C=O) groups excluding carboxylic acids is 1. The van der Waals surface area contributed by atoms with Gasteiger partial charge in [-0.15, -0.1) is 12.4 Å². The second kappa shape index (κ2) is 8.47. The summed E-state index contributed by atoms with van der Waals surface area (Å²) in [5.41, 5.74) is 0.648. The molecule has 1 aromatic rings. The molecule has 0 aliphatic carbocycles. The number of nitrogens with one attached hydrogen (secondary N) is 2. The van der Waals surface area contributed by atoms with Crippen molar-refractivity contribution >= 4 is 35.6 Å². The highest BCUT2D eigenvalue weighted by Gasteiger charge is 2.22. The van der Waals surface area contributed by atoms with Gasteiger partial charge in [0, 0.05) is 5.92 Å². The molecule has 0 atom stereocenters. The van der Waals surface area contributed by atoms with Gasteiger partial charge in [0.05, 0.1) is 16.8 Å². The van der Waals surface area contributed by atoms with Crippen molar-refractivity contribution in [3.8, 4) is 5.75 Å². The van der Waals surface area contributed by atoms with Crippen LogP contribution in [0.15, 0.2) is 18.2 Å². The number of hydrogen-bond donors (Lipinski definition) is 2. The minimum Gasteiger partial charge on any atom is -0.487 e. The van der Waals surface area contributed by atoms with E-state index in [4.69, 9.17) is 16.3 Å². The zero-order chi connectivity index (χ0) is 14.5. The van der Waals surface area contributed by atoms with Gasteiger partial charge in [0.1, 0.15) is 0 Å². The number of amides is 1. The summed E-state index contributed by atoms with van der Waals surface area (Å²) in [7, 11) is 0. The zero-order valence-electron chi connectivity index (χ0n) is 12.3. The van der Waals surface area contributed by atoms with Gasteiger partial charge in [0.15, 0.2) is 5.75 Å². The zero-order valence-corrected chi connectivity index (χ0v) is 13.9. The summed E-state index contributed by atoms with van der Waals surface area (Å²) in [6.45, 7) is 5.65. The Morgan fingerprint density at radius 1 is 1.38 bits per heavy atom. The standard InChI is InChI=1S/C15H21ClN2O2.ClH/c1-10(2)20-14-12(16)4-3-5-13(14)18-15(19)11-6-8-17-9-7-11;/h3-5,10-11,17H,6-9H2,1-2H3,(H,18,19);1H. The predicted molar refractivity (Wildman–Crippen MR) is 88.7 cm³/mol. The third-order valence-electron chi connectivity index (χ3n) is 3.29. The van der Waals surface area contributed by atoms with Gasteiger partial charge >= 0.3 is 0 Å². The Balaban J connectivity index is 0.00000220. The lowest BCUT2D eigenvalue weighted by molar-refractivity contribution is -0.120. The first-order valence-electron chi connectivity index (χ1n) is 7.04. The number of anilines is 1. The topological polar surface area (TPSA) is 50.4 Å². The van der Waals surface area contributed by atoms with Crippen LogP contribution in [0.4, 0.5) is 5.69 Å². The molecule has 1 aliphatic heterocycles. The Morgan fingerprint density at radius 3 is 2.67 bits per heavy atom. The lowest BCUT2D eigenvalue weighted by atomic mass is 9.97. The first-order chi connectivity index (χ1) is 9.58. The molecule has 0 spiro atoms. The van der Waals surface area contributed by atoms with Crippen molar-refractivity contribution in [2.45, 2.75) is 32.8 Å². The third kappa shape index (κ3) is 5.06. The van der Waals surface area contributed by atoms with Crippen LogP contribution in [0.3, 0.4) is 0 Å². The molecule has 0 aromatic heterocycles. The van der Waals surface area contributed by atoms with Crippen LogP contribution in [0.25, 0.3) is 0 Å². The second-order valence-corrected chi connectivity index (χ2v) is 5.70. The number of halogens is 2. The van der Waals surface area contributed by atoms with Gasteiger partial charge in [-0.1, -0.05) is 17.7 Å². The van der Waals surface area contributed by atoms with E-state index in [1.54, 1.807) is 6.07 Å². The molecule has 1 saturated heterocycles. The molecule has 1 heterocycles. The molecule has 0 radical (unpaired) electrons. The average molecular weight is 333 g/mol. The van der Waals surface area contributed by atoms with Crippen molar-refractivity contribution in [3.05, 3.63) is 23.2 Å². The number of benzene rings is 1. The fourth-order valence-electron chi connectivity index (χ4n) is 2.28. The molecule has 2 N–H and O–H groups in total. The fraction of sp³-hybridized carbons (Fsp3) is 0.533. The molecule has 21 heavy (non-hydrogen) atoms. The maximum Gasteiger partial charge on any atom is 0.227 e. The van der Waals surface area contributed by atoms with E-state index in [2.05, 4.69) is 10.6 Å². The lowest BCUT2D eigenvalue weighted by Gasteiger charge is -2.23. The van der Waals surface area contributed by atoms with E-state index < -0.39 is 0 Å². The Hall–Kier alpha value is -0.970. The van der Waals surface area contributed by atoms with Crippen LogP contribution in [-0.4, -0.2) is 25.1 Å². The Kier molecular flexibility index (Phi) is 7.29. The van der Waals surface area contributed by atoms with Crippen LogP contribution in [-0.2, 0) is 4.79 Å². The lowest BCUT2D eigenvalue weighted by Crippen LogP contribution is -2.34. The monoisotopic (exact) mass is 332 g/mol. The van der Waals surface area contributed by atoms with E-state index in [9.17, 15) is 4.79 Å². The molecule has 0 bridgehead atoms. The average Bonchev–Trinajstić information content (AvgIpc) is 2.43. The summed E-state index contributed by atoms with van der Waals surface area (Å²) in [5.74, 6) is 0.649. The molecular weight excluding hydrogens is 311 g/mol. The Morgan fingerprint density at radius 2 is 2.05 bits per heavy atom. The van der Waals surface area contributed by atoms with Crippen LogP contribution >= 0.6 is 24.0 Å². The van der Waals surface area contributed by atoms with E-state index in [1.807, 2.05) is 26.0 Å². The summed E-state index contributed by atoms with van der Waals surface area (Å²) in [4.78, 5) is 12.3. The molecular formula is C15H22Cl2N2O2.